The quantitative estimate of drug-likeness (QED) is 0.437. The van der Waals surface area contributed by atoms with Crippen molar-refractivity contribution >= 4 is 30.7 Å². The molecule has 0 aromatic heterocycles. The molecule has 0 spiro atoms. The smallest absolute Gasteiger partial charge is 0.0952 e. The van der Waals surface area contributed by atoms with Gasteiger partial charge in [-0.15, -0.1) is 0 Å². The van der Waals surface area contributed by atoms with Crippen LogP contribution in [0.1, 0.15) is 13.8 Å². The monoisotopic (exact) mass is 201 g/mol. The summed E-state index contributed by atoms with van der Waals surface area (Å²) in [5.41, 5.74) is 0. The van der Waals surface area contributed by atoms with Gasteiger partial charge in [0.1, 0.15) is 0 Å². The number of aliphatic hydroxyl groups is 3. The number of rotatable bonds is 2. The fraction of sp³-hybridized carbons (Fsp3) is 1.00. The van der Waals surface area contributed by atoms with E-state index in [4.69, 9.17) is 0 Å². The lowest BCUT2D eigenvalue weighted by Crippen LogP contribution is -2.66. The number of hydrogen-bond donors (Lipinski definition) is 3. The summed E-state index contributed by atoms with van der Waals surface area (Å²) in [5, 5.41) is 22.9. The van der Waals surface area contributed by atoms with Gasteiger partial charge in [-0.05, 0) is 13.8 Å². The van der Waals surface area contributed by atoms with Gasteiger partial charge in [0.05, 0.1) is 46.4 Å². The lowest BCUT2D eigenvalue weighted by Gasteiger charge is -2.44. The van der Waals surface area contributed by atoms with Gasteiger partial charge in [0, 0.05) is 0 Å². The first-order valence-corrected chi connectivity index (χ1v) is 4.42. The highest BCUT2D eigenvalue weighted by Crippen LogP contribution is 2.25. The maximum atomic E-state index is 9.50. The van der Waals surface area contributed by atoms with Crippen LogP contribution in [0.15, 0.2) is 0 Å². The van der Waals surface area contributed by atoms with Gasteiger partial charge in [-0.1, -0.05) is 0 Å². The molecule has 0 amide bonds. The van der Waals surface area contributed by atoms with Crippen molar-refractivity contribution in [3.05, 3.63) is 0 Å². The molecule has 0 saturated carbocycles. The maximum Gasteiger partial charge on any atom is 0.0952 e. The molecule has 0 heterocycles. The van der Waals surface area contributed by atoms with Crippen LogP contribution in [0.3, 0.4) is 0 Å². The second kappa shape index (κ2) is 2.79. The van der Waals surface area contributed by atoms with Crippen LogP contribution in [0.5, 0.6) is 0 Å². The lowest BCUT2D eigenvalue weighted by atomic mass is 10.1. The largest absolute Gasteiger partial charge is 0.392 e. The minimum Gasteiger partial charge on any atom is -0.392 e. The van der Waals surface area contributed by atoms with Crippen LogP contribution >= 0.6 is 0 Å². The molecule has 3 N–H and O–H groups in total. The van der Waals surface area contributed by atoms with Gasteiger partial charge in [0.2, 0.25) is 0 Å². The molecule has 0 rings (SSSR count). The van der Waals surface area contributed by atoms with Gasteiger partial charge in [-0.25, -0.2) is 0 Å². The zero-order chi connectivity index (χ0) is 9.50. The first-order valence-electron chi connectivity index (χ1n) is 2.92. The van der Waals surface area contributed by atoms with E-state index in [1.807, 2.05) is 0 Å². The minimum atomic E-state index is -1.88. The lowest BCUT2D eigenvalue weighted by molar-refractivity contribution is -0.117. The van der Waals surface area contributed by atoms with Crippen LogP contribution < -0.4 is 0 Å². The molecule has 0 aliphatic heterocycles. The molecule has 11 heavy (non-hydrogen) atoms. The van der Waals surface area contributed by atoms with E-state index < -0.39 is 15.7 Å². The SMILES string of the molecule is CC(O)([Si])C(O)([Si])C(C)(O)[Si]. The summed E-state index contributed by atoms with van der Waals surface area (Å²) in [6, 6.07) is 0. The van der Waals surface area contributed by atoms with Gasteiger partial charge in [0.25, 0.3) is 0 Å². The Balaban J connectivity index is 4.75. The Labute approximate surface area is 76.1 Å². The average molecular weight is 201 g/mol. The molecule has 0 aromatic rings. The van der Waals surface area contributed by atoms with E-state index in [1.165, 1.54) is 13.8 Å². The topological polar surface area (TPSA) is 60.7 Å². The third-order valence-electron chi connectivity index (χ3n) is 1.41. The standard InChI is InChI=1S/C5H9O3Si3/c1-3(6,9)5(8,11)4(2,7)10/h6-8H,1-2H3. The summed E-state index contributed by atoms with van der Waals surface area (Å²) < 4.78 is 0. The molecule has 0 bridgehead atoms. The van der Waals surface area contributed by atoms with E-state index in [9.17, 15) is 15.3 Å². The highest BCUT2D eigenvalue weighted by Gasteiger charge is 2.48. The van der Waals surface area contributed by atoms with Crippen LogP contribution in [0.25, 0.3) is 0 Å². The van der Waals surface area contributed by atoms with Gasteiger partial charge in [-0.2, -0.15) is 0 Å². The highest BCUT2D eigenvalue weighted by atomic mass is 28.2. The van der Waals surface area contributed by atoms with Gasteiger partial charge in [0.15, 0.2) is 0 Å². The predicted octanol–water partition coefficient (Wildman–Crippen LogP) is -2.40. The van der Waals surface area contributed by atoms with Crippen molar-refractivity contribution in [1.82, 2.24) is 0 Å². The second-order valence-corrected chi connectivity index (χ2v) is 5.53. The highest BCUT2D eigenvalue weighted by molar-refractivity contribution is 6.30. The molecule has 2 unspecified atom stereocenters. The summed E-state index contributed by atoms with van der Waals surface area (Å²) in [4.78, 5) is 0. The fourth-order valence-corrected chi connectivity index (χ4v) is 1.09. The molecular formula is C5H9O3Si3. The Bertz CT molecular complexity index is 128. The molecule has 0 aliphatic rings. The van der Waals surface area contributed by atoms with E-state index in [2.05, 4.69) is 30.7 Å². The summed E-state index contributed by atoms with van der Waals surface area (Å²) in [6.07, 6.45) is 0. The summed E-state index contributed by atoms with van der Waals surface area (Å²) in [7, 11) is 8.54. The Kier molecular flexibility index (Phi) is 2.92. The maximum absolute atomic E-state index is 9.50. The molecule has 59 valence electrons. The summed E-state index contributed by atoms with van der Waals surface area (Å²) in [6.45, 7) is 2.59. The van der Waals surface area contributed by atoms with E-state index in [1.54, 1.807) is 0 Å². The molecule has 9 radical (unpaired) electrons. The average Bonchev–Trinajstić information content (AvgIpc) is 1.58. The fourth-order valence-electron chi connectivity index (χ4n) is 0.474. The van der Waals surface area contributed by atoms with Crippen LogP contribution in [0.4, 0.5) is 0 Å². The van der Waals surface area contributed by atoms with Crippen molar-refractivity contribution in [2.24, 2.45) is 0 Å². The van der Waals surface area contributed by atoms with Crippen molar-refractivity contribution in [1.29, 1.82) is 0 Å². The molecule has 0 aromatic carbocycles. The van der Waals surface area contributed by atoms with Gasteiger partial charge >= 0.3 is 0 Å². The van der Waals surface area contributed by atoms with Crippen molar-refractivity contribution < 1.29 is 15.3 Å². The molecule has 6 heteroatoms. The molecule has 3 nitrogen and oxygen atoms in total. The van der Waals surface area contributed by atoms with Crippen molar-refractivity contribution in [3.63, 3.8) is 0 Å². The molecule has 0 saturated heterocycles. The Morgan fingerprint density at radius 2 is 1.00 bits per heavy atom. The molecule has 2 atom stereocenters. The van der Waals surface area contributed by atoms with Gasteiger partial charge < -0.3 is 15.3 Å². The predicted molar refractivity (Wildman–Crippen MR) is 43.5 cm³/mol. The van der Waals surface area contributed by atoms with E-state index >= 15 is 0 Å². The van der Waals surface area contributed by atoms with E-state index in [0.717, 1.165) is 0 Å². The Hall–Kier alpha value is 0.531. The summed E-state index contributed by atoms with van der Waals surface area (Å²) in [5.74, 6) is 0. The summed E-state index contributed by atoms with van der Waals surface area (Å²) >= 11 is 0. The van der Waals surface area contributed by atoms with E-state index in [0.29, 0.717) is 0 Å². The number of hydrogen-bond acceptors (Lipinski definition) is 3. The third kappa shape index (κ3) is 2.23. The zero-order valence-electron chi connectivity index (χ0n) is 6.34. The van der Waals surface area contributed by atoms with Gasteiger partial charge in [-0.3, -0.25) is 0 Å². The zero-order valence-corrected chi connectivity index (χ0v) is 9.34. The van der Waals surface area contributed by atoms with Crippen LogP contribution in [0.2, 0.25) is 0 Å². The first kappa shape index (κ1) is 11.5. The first-order chi connectivity index (χ1) is 4.50. The second-order valence-electron chi connectivity index (χ2n) is 2.85. The van der Waals surface area contributed by atoms with Crippen molar-refractivity contribution in [2.45, 2.75) is 29.5 Å². The van der Waals surface area contributed by atoms with Crippen molar-refractivity contribution in [3.8, 4) is 0 Å². The Morgan fingerprint density at radius 3 is 1.00 bits per heavy atom. The van der Waals surface area contributed by atoms with Crippen LogP contribution in [-0.4, -0.2) is 61.7 Å². The van der Waals surface area contributed by atoms with E-state index in [-0.39, 0.29) is 0 Å². The third-order valence-corrected chi connectivity index (χ3v) is 3.61. The van der Waals surface area contributed by atoms with Crippen LogP contribution in [0, 0.1) is 0 Å². The molecule has 0 fully saturated rings. The minimum absolute atomic E-state index is 1.30. The van der Waals surface area contributed by atoms with Crippen LogP contribution in [-0.2, 0) is 0 Å². The normalized spacial score (nSPS) is 28.4. The molecule has 0 aliphatic carbocycles. The van der Waals surface area contributed by atoms with Crippen molar-refractivity contribution in [2.75, 3.05) is 0 Å². The Morgan fingerprint density at radius 1 is 0.818 bits per heavy atom. The molecular weight excluding hydrogens is 192 g/mol.